The lowest BCUT2D eigenvalue weighted by Gasteiger charge is -2.27. The summed E-state index contributed by atoms with van der Waals surface area (Å²) in [5.41, 5.74) is 0. The summed E-state index contributed by atoms with van der Waals surface area (Å²) < 4.78 is 5.70. The van der Waals surface area contributed by atoms with Crippen molar-refractivity contribution >= 4 is 11.9 Å². The molecule has 0 bridgehead atoms. The van der Waals surface area contributed by atoms with Crippen LogP contribution in [0.3, 0.4) is 0 Å². The molecule has 0 radical (unpaired) electrons. The highest BCUT2D eigenvalue weighted by Gasteiger charge is 2.32. The molecule has 0 spiro atoms. The van der Waals surface area contributed by atoms with Crippen molar-refractivity contribution in [3.8, 4) is 0 Å². The number of carbonyl (C=O) groups excluding carboxylic acids is 1. The number of amides is 1. The highest BCUT2D eigenvalue weighted by molar-refractivity contribution is 5.81. The zero-order valence-corrected chi connectivity index (χ0v) is 18.9. The molecule has 2 heterocycles. The number of guanidine groups is 1. The molecular formula is C23H39N5O2. The van der Waals surface area contributed by atoms with Crippen LogP contribution in [0.1, 0.15) is 64.7 Å². The molecule has 0 aromatic carbocycles. The van der Waals surface area contributed by atoms with Crippen LogP contribution in [0.25, 0.3) is 0 Å². The fraction of sp³-hybridized carbons (Fsp3) is 0.739. The average Bonchev–Trinajstić information content (AvgIpc) is 3.53. The van der Waals surface area contributed by atoms with Crippen LogP contribution in [-0.2, 0) is 4.79 Å². The van der Waals surface area contributed by atoms with Gasteiger partial charge < -0.3 is 20.0 Å². The number of likely N-dealkylation sites (tertiary alicyclic amines) is 1. The highest BCUT2D eigenvalue weighted by Crippen LogP contribution is 2.28. The van der Waals surface area contributed by atoms with Gasteiger partial charge >= 0.3 is 0 Å². The largest absolute Gasteiger partial charge is 0.468 e. The number of nitrogens with one attached hydrogen (secondary N) is 2. The molecule has 1 saturated carbocycles. The Balaban J connectivity index is 1.60. The Morgan fingerprint density at radius 1 is 1.27 bits per heavy atom. The van der Waals surface area contributed by atoms with Crippen molar-refractivity contribution in [1.82, 2.24) is 20.4 Å². The summed E-state index contributed by atoms with van der Waals surface area (Å²) in [7, 11) is 0. The maximum absolute atomic E-state index is 12.7. The molecule has 2 N–H and O–H groups in total. The van der Waals surface area contributed by atoms with Crippen LogP contribution in [0.5, 0.6) is 0 Å². The van der Waals surface area contributed by atoms with E-state index in [0.717, 1.165) is 63.7 Å². The number of furan rings is 1. The lowest BCUT2D eigenvalue weighted by atomic mass is 10.1. The molecule has 168 valence electrons. The van der Waals surface area contributed by atoms with Crippen LogP contribution in [0, 0.1) is 5.92 Å². The van der Waals surface area contributed by atoms with E-state index in [2.05, 4.69) is 41.2 Å². The summed E-state index contributed by atoms with van der Waals surface area (Å²) in [4.78, 5) is 22.0. The Hall–Kier alpha value is -2.02. The number of aliphatic imine (C=N–C) groups is 1. The topological polar surface area (TPSA) is 73.1 Å². The maximum Gasteiger partial charge on any atom is 0.225 e. The van der Waals surface area contributed by atoms with Gasteiger partial charge in [0.05, 0.1) is 18.8 Å². The van der Waals surface area contributed by atoms with E-state index in [9.17, 15) is 4.79 Å². The lowest BCUT2D eigenvalue weighted by molar-refractivity contribution is -0.134. The molecule has 1 saturated heterocycles. The fourth-order valence-corrected chi connectivity index (χ4v) is 4.73. The van der Waals surface area contributed by atoms with Crippen molar-refractivity contribution in [2.75, 3.05) is 39.3 Å². The Kier molecular flexibility index (Phi) is 8.61. The predicted molar refractivity (Wildman–Crippen MR) is 120 cm³/mol. The molecule has 3 rings (SSSR count). The summed E-state index contributed by atoms with van der Waals surface area (Å²) in [5, 5.41) is 6.93. The molecule has 1 aromatic heterocycles. The quantitative estimate of drug-likeness (QED) is 0.477. The van der Waals surface area contributed by atoms with E-state index in [1.54, 1.807) is 6.26 Å². The van der Waals surface area contributed by atoms with Gasteiger partial charge in [-0.1, -0.05) is 26.7 Å². The van der Waals surface area contributed by atoms with Gasteiger partial charge in [0, 0.05) is 31.6 Å². The van der Waals surface area contributed by atoms with Crippen LogP contribution in [-0.4, -0.2) is 67.0 Å². The maximum atomic E-state index is 12.7. The molecule has 1 aromatic rings. The fourth-order valence-electron chi connectivity index (χ4n) is 4.73. The van der Waals surface area contributed by atoms with E-state index in [4.69, 9.17) is 9.41 Å². The average molecular weight is 418 g/mol. The molecule has 2 fully saturated rings. The first-order valence-corrected chi connectivity index (χ1v) is 11.8. The second kappa shape index (κ2) is 11.4. The second-order valence-electron chi connectivity index (χ2n) is 8.37. The molecule has 1 aliphatic heterocycles. The van der Waals surface area contributed by atoms with E-state index in [1.807, 2.05) is 12.1 Å². The van der Waals surface area contributed by atoms with Crippen molar-refractivity contribution in [2.24, 2.45) is 10.9 Å². The van der Waals surface area contributed by atoms with Crippen molar-refractivity contribution in [3.05, 3.63) is 24.2 Å². The van der Waals surface area contributed by atoms with Gasteiger partial charge in [-0.25, -0.2) is 0 Å². The highest BCUT2D eigenvalue weighted by atomic mass is 16.3. The van der Waals surface area contributed by atoms with Crippen molar-refractivity contribution in [2.45, 2.75) is 65.0 Å². The number of carbonyl (C=O) groups is 1. The monoisotopic (exact) mass is 417 g/mol. The molecule has 7 heteroatoms. The Labute approximate surface area is 181 Å². The third kappa shape index (κ3) is 5.78. The molecule has 1 amide bonds. The van der Waals surface area contributed by atoms with Crippen molar-refractivity contribution < 1.29 is 9.21 Å². The van der Waals surface area contributed by atoms with Crippen LogP contribution < -0.4 is 10.6 Å². The van der Waals surface area contributed by atoms with Gasteiger partial charge in [-0.2, -0.15) is 0 Å². The van der Waals surface area contributed by atoms with Crippen LogP contribution >= 0.6 is 0 Å². The summed E-state index contributed by atoms with van der Waals surface area (Å²) >= 11 is 0. The molecule has 2 aliphatic rings. The molecule has 2 unspecified atom stereocenters. The zero-order valence-electron chi connectivity index (χ0n) is 18.9. The standard InChI is InChI=1S/C23H39N5O2/c1-4-24-23(25-16-20(27(5-2)6-3)21-12-9-15-30-21)26-19-13-14-28(17-19)22(29)18-10-7-8-11-18/h9,12,15,18-20H,4-8,10-11,13-14,16-17H2,1-3H3,(H2,24,25,26). The molecule has 1 aliphatic carbocycles. The minimum Gasteiger partial charge on any atom is -0.468 e. The molecular weight excluding hydrogens is 378 g/mol. The van der Waals surface area contributed by atoms with Gasteiger partial charge in [-0.3, -0.25) is 14.7 Å². The zero-order chi connectivity index (χ0) is 21.3. The Morgan fingerprint density at radius 2 is 2.03 bits per heavy atom. The third-order valence-electron chi connectivity index (χ3n) is 6.44. The van der Waals surface area contributed by atoms with E-state index >= 15 is 0 Å². The predicted octanol–water partition coefficient (Wildman–Crippen LogP) is 3.01. The van der Waals surface area contributed by atoms with E-state index < -0.39 is 0 Å². The summed E-state index contributed by atoms with van der Waals surface area (Å²) in [5.74, 6) is 2.39. The second-order valence-corrected chi connectivity index (χ2v) is 8.37. The minimum atomic E-state index is 0.120. The Morgan fingerprint density at radius 3 is 2.67 bits per heavy atom. The number of likely N-dealkylation sites (N-methyl/N-ethyl adjacent to an activating group) is 1. The normalized spacial score (nSPS) is 21.4. The van der Waals surface area contributed by atoms with E-state index in [-0.39, 0.29) is 18.0 Å². The van der Waals surface area contributed by atoms with Gasteiger partial charge in [0.25, 0.3) is 0 Å². The number of hydrogen-bond acceptors (Lipinski definition) is 4. The van der Waals surface area contributed by atoms with Gasteiger partial charge in [0.1, 0.15) is 5.76 Å². The SMILES string of the molecule is CCNC(=NCC(c1ccco1)N(CC)CC)NC1CCN(C(=O)C2CCCC2)C1. The summed E-state index contributed by atoms with van der Waals surface area (Å²) in [6.45, 7) is 11.4. The summed E-state index contributed by atoms with van der Waals surface area (Å²) in [6, 6.07) is 4.34. The van der Waals surface area contributed by atoms with Gasteiger partial charge in [0.15, 0.2) is 5.96 Å². The molecule has 7 nitrogen and oxygen atoms in total. The number of rotatable bonds is 9. The first kappa shape index (κ1) is 22.7. The van der Waals surface area contributed by atoms with E-state index in [0.29, 0.717) is 12.5 Å². The van der Waals surface area contributed by atoms with E-state index in [1.165, 1.54) is 12.8 Å². The van der Waals surface area contributed by atoms with Gasteiger partial charge in [-0.15, -0.1) is 0 Å². The molecule has 2 atom stereocenters. The van der Waals surface area contributed by atoms with Crippen LogP contribution in [0.4, 0.5) is 0 Å². The smallest absolute Gasteiger partial charge is 0.225 e. The first-order valence-electron chi connectivity index (χ1n) is 11.8. The first-order chi connectivity index (χ1) is 14.7. The lowest BCUT2D eigenvalue weighted by Crippen LogP contribution is -2.45. The van der Waals surface area contributed by atoms with Crippen molar-refractivity contribution in [1.29, 1.82) is 0 Å². The summed E-state index contributed by atoms with van der Waals surface area (Å²) in [6.07, 6.45) is 7.24. The van der Waals surface area contributed by atoms with Gasteiger partial charge in [-0.05, 0) is 51.4 Å². The van der Waals surface area contributed by atoms with Crippen LogP contribution in [0.15, 0.2) is 27.8 Å². The van der Waals surface area contributed by atoms with Crippen LogP contribution in [0.2, 0.25) is 0 Å². The minimum absolute atomic E-state index is 0.120. The number of nitrogens with zero attached hydrogens (tertiary/aromatic N) is 3. The van der Waals surface area contributed by atoms with Gasteiger partial charge in [0.2, 0.25) is 5.91 Å². The van der Waals surface area contributed by atoms with Crippen molar-refractivity contribution in [3.63, 3.8) is 0 Å². The Bertz CT molecular complexity index is 665. The number of hydrogen-bond donors (Lipinski definition) is 2. The molecule has 30 heavy (non-hydrogen) atoms. The third-order valence-corrected chi connectivity index (χ3v) is 6.44.